The second-order valence-corrected chi connectivity index (χ2v) is 6.68. The molecule has 96 valence electrons. The van der Waals surface area contributed by atoms with Gasteiger partial charge in [0.1, 0.15) is 0 Å². The maximum atomic E-state index is 11.7. The highest BCUT2D eigenvalue weighted by Crippen LogP contribution is 2.45. The SMILES string of the molecule is CC1Sc2ccc(C3(CN)CCC3)cc2NC1=O. The molecule has 1 unspecified atom stereocenters. The van der Waals surface area contributed by atoms with E-state index in [1.54, 1.807) is 11.8 Å². The Balaban J connectivity index is 1.96. The van der Waals surface area contributed by atoms with Gasteiger partial charge in [0.2, 0.25) is 5.91 Å². The normalized spacial score (nSPS) is 25.0. The minimum Gasteiger partial charge on any atom is -0.330 e. The lowest BCUT2D eigenvalue weighted by Crippen LogP contribution is -2.41. The van der Waals surface area contributed by atoms with E-state index in [2.05, 4.69) is 23.5 Å². The first-order valence-electron chi connectivity index (χ1n) is 6.47. The first kappa shape index (κ1) is 12.1. The van der Waals surface area contributed by atoms with E-state index in [0.29, 0.717) is 6.54 Å². The summed E-state index contributed by atoms with van der Waals surface area (Å²) in [5, 5.41) is 2.99. The van der Waals surface area contributed by atoms with Crippen molar-refractivity contribution in [2.45, 2.75) is 41.7 Å². The maximum absolute atomic E-state index is 11.7. The number of hydrogen-bond donors (Lipinski definition) is 2. The van der Waals surface area contributed by atoms with Crippen LogP contribution in [0.3, 0.4) is 0 Å². The molecule has 1 fully saturated rings. The molecule has 1 heterocycles. The Morgan fingerprint density at radius 2 is 2.28 bits per heavy atom. The van der Waals surface area contributed by atoms with Gasteiger partial charge in [0.25, 0.3) is 0 Å². The van der Waals surface area contributed by atoms with Gasteiger partial charge in [-0.1, -0.05) is 12.5 Å². The fourth-order valence-electron chi connectivity index (χ4n) is 2.75. The van der Waals surface area contributed by atoms with Gasteiger partial charge in [-0.15, -0.1) is 11.8 Å². The van der Waals surface area contributed by atoms with E-state index in [1.807, 2.05) is 6.92 Å². The van der Waals surface area contributed by atoms with E-state index < -0.39 is 0 Å². The van der Waals surface area contributed by atoms with Crippen molar-refractivity contribution < 1.29 is 4.79 Å². The molecule has 3 N–H and O–H groups in total. The highest BCUT2D eigenvalue weighted by atomic mass is 32.2. The van der Waals surface area contributed by atoms with E-state index in [9.17, 15) is 4.79 Å². The van der Waals surface area contributed by atoms with Crippen LogP contribution >= 0.6 is 11.8 Å². The Morgan fingerprint density at radius 1 is 1.50 bits per heavy atom. The zero-order valence-corrected chi connectivity index (χ0v) is 11.3. The van der Waals surface area contributed by atoms with Gasteiger partial charge in [-0.2, -0.15) is 0 Å². The lowest BCUT2D eigenvalue weighted by molar-refractivity contribution is -0.115. The third kappa shape index (κ3) is 1.75. The first-order valence-corrected chi connectivity index (χ1v) is 7.35. The molecule has 1 aromatic carbocycles. The van der Waals surface area contributed by atoms with Crippen LogP contribution in [0.2, 0.25) is 0 Å². The first-order chi connectivity index (χ1) is 8.64. The monoisotopic (exact) mass is 262 g/mol. The molecule has 0 radical (unpaired) electrons. The maximum Gasteiger partial charge on any atom is 0.237 e. The van der Waals surface area contributed by atoms with Crippen molar-refractivity contribution in [3.05, 3.63) is 23.8 Å². The highest BCUT2D eigenvalue weighted by Gasteiger charge is 2.38. The Morgan fingerprint density at radius 3 is 2.89 bits per heavy atom. The summed E-state index contributed by atoms with van der Waals surface area (Å²) in [5.41, 5.74) is 8.34. The zero-order chi connectivity index (χ0) is 12.8. The number of amides is 1. The van der Waals surface area contributed by atoms with Crippen molar-refractivity contribution in [1.82, 2.24) is 0 Å². The van der Waals surface area contributed by atoms with Crippen LogP contribution in [-0.2, 0) is 10.2 Å². The zero-order valence-electron chi connectivity index (χ0n) is 10.5. The number of anilines is 1. The van der Waals surface area contributed by atoms with Crippen LogP contribution in [-0.4, -0.2) is 17.7 Å². The Kier molecular flexibility index (Phi) is 2.87. The molecule has 4 heteroatoms. The summed E-state index contributed by atoms with van der Waals surface area (Å²) < 4.78 is 0. The van der Waals surface area contributed by atoms with Crippen LogP contribution < -0.4 is 11.1 Å². The Bertz CT molecular complexity index is 491. The van der Waals surface area contributed by atoms with Gasteiger partial charge in [0, 0.05) is 16.9 Å². The molecular formula is C14H18N2OS. The van der Waals surface area contributed by atoms with E-state index in [0.717, 1.165) is 10.6 Å². The number of thioether (sulfide) groups is 1. The van der Waals surface area contributed by atoms with Crippen molar-refractivity contribution in [2.75, 3.05) is 11.9 Å². The van der Waals surface area contributed by atoms with Gasteiger partial charge < -0.3 is 11.1 Å². The average molecular weight is 262 g/mol. The number of hydrogen-bond acceptors (Lipinski definition) is 3. The summed E-state index contributed by atoms with van der Waals surface area (Å²) in [5.74, 6) is 0.0973. The second-order valence-electron chi connectivity index (χ2n) is 5.30. The minimum atomic E-state index is -0.00415. The van der Waals surface area contributed by atoms with Crippen LogP contribution in [0.15, 0.2) is 23.1 Å². The fourth-order valence-corrected chi connectivity index (χ4v) is 3.68. The van der Waals surface area contributed by atoms with Crippen LogP contribution in [0.5, 0.6) is 0 Å². The summed E-state index contributed by atoms with van der Waals surface area (Å²) >= 11 is 1.63. The van der Waals surface area contributed by atoms with Gasteiger partial charge in [0.15, 0.2) is 0 Å². The third-order valence-corrected chi connectivity index (χ3v) is 5.40. The van der Waals surface area contributed by atoms with Crippen molar-refractivity contribution >= 4 is 23.4 Å². The Labute approximate surface area is 112 Å². The molecule has 1 aliphatic heterocycles. The molecule has 0 spiro atoms. The van der Waals surface area contributed by atoms with E-state index in [-0.39, 0.29) is 16.6 Å². The molecule has 0 saturated heterocycles. The summed E-state index contributed by atoms with van der Waals surface area (Å²) in [7, 11) is 0. The smallest absolute Gasteiger partial charge is 0.237 e. The molecule has 3 rings (SSSR count). The van der Waals surface area contributed by atoms with E-state index >= 15 is 0 Å². The van der Waals surface area contributed by atoms with Gasteiger partial charge in [-0.3, -0.25) is 4.79 Å². The average Bonchev–Trinajstić information content (AvgIpc) is 2.30. The fraction of sp³-hybridized carbons (Fsp3) is 0.500. The van der Waals surface area contributed by atoms with Gasteiger partial charge in [-0.05, 0) is 37.5 Å². The van der Waals surface area contributed by atoms with Crippen LogP contribution in [0, 0.1) is 0 Å². The Hall–Kier alpha value is -1.00. The molecule has 0 aromatic heterocycles. The van der Waals surface area contributed by atoms with Crippen molar-refractivity contribution in [2.24, 2.45) is 5.73 Å². The van der Waals surface area contributed by atoms with Crippen molar-refractivity contribution in [1.29, 1.82) is 0 Å². The minimum absolute atomic E-state index is 0.00415. The molecule has 1 saturated carbocycles. The molecule has 0 bridgehead atoms. The summed E-state index contributed by atoms with van der Waals surface area (Å²) in [6.07, 6.45) is 3.59. The third-order valence-electron chi connectivity index (χ3n) is 4.22. The number of nitrogens with two attached hydrogens (primary N) is 1. The van der Waals surface area contributed by atoms with E-state index in [1.165, 1.54) is 24.8 Å². The molecule has 1 atom stereocenters. The van der Waals surface area contributed by atoms with Gasteiger partial charge in [0.05, 0.1) is 10.9 Å². The predicted octanol–water partition coefficient (Wildman–Crippen LogP) is 2.50. The van der Waals surface area contributed by atoms with Crippen molar-refractivity contribution in [3.8, 4) is 0 Å². The number of nitrogens with one attached hydrogen (secondary N) is 1. The van der Waals surface area contributed by atoms with Crippen LogP contribution in [0.4, 0.5) is 5.69 Å². The molecular weight excluding hydrogens is 244 g/mol. The summed E-state index contributed by atoms with van der Waals surface area (Å²) in [4.78, 5) is 12.9. The molecule has 1 aromatic rings. The number of fused-ring (bicyclic) bond motifs is 1. The number of benzene rings is 1. The number of rotatable bonds is 2. The lowest BCUT2D eigenvalue weighted by Gasteiger charge is -2.42. The molecule has 18 heavy (non-hydrogen) atoms. The highest BCUT2D eigenvalue weighted by molar-refractivity contribution is 8.00. The number of carbonyl (C=O) groups is 1. The quantitative estimate of drug-likeness (QED) is 0.861. The largest absolute Gasteiger partial charge is 0.330 e. The second kappa shape index (κ2) is 4.28. The van der Waals surface area contributed by atoms with Crippen LogP contribution in [0.1, 0.15) is 31.7 Å². The topological polar surface area (TPSA) is 55.1 Å². The van der Waals surface area contributed by atoms with Gasteiger partial charge >= 0.3 is 0 Å². The van der Waals surface area contributed by atoms with Crippen LogP contribution in [0.25, 0.3) is 0 Å². The summed E-state index contributed by atoms with van der Waals surface area (Å²) in [6.45, 7) is 2.63. The standard InChI is InChI=1S/C14H18N2OS/c1-9-13(17)16-11-7-10(3-4-12(11)18-9)14(8-15)5-2-6-14/h3-4,7,9H,2,5-6,8,15H2,1H3,(H,16,17). The molecule has 3 nitrogen and oxygen atoms in total. The van der Waals surface area contributed by atoms with Gasteiger partial charge in [-0.25, -0.2) is 0 Å². The van der Waals surface area contributed by atoms with Crippen molar-refractivity contribution in [3.63, 3.8) is 0 Å². The molecule has 1 aliphatic carbocycles. The molecule has 2 aliphatic rings. The number of carbonyl (C=O) groups excluding carboxylic acids is 1. The van der Waals surface area contributed by atoms with E-state index in [4.69, 9.17) is 5.73 Å². The summed E-state index contributed by atoms with van der Waals surface area (Å²) in [6, 6.07) is 6.43. The molecule has 1 amide bonds. The lowest BCUT2D eigenvalue weighted by atomic mass is 9.64. The predicted molar refractivity (Wildman–Crippen MR) is 75.0 cm³/mol.